The lowest BCUT2D eigenvalue weighted by molar-refractivity contribution is -0.137. The van der Waals surface area contributed by atoms with Gasteiger partial charge in [0.15, 0.2) is 0 Å². The van der Waals surface area contributed by atoms with Crippen LogP contribution >= 0.6 is 0 Å². The molecule has 1 N–H and O–H groups in total. The highest BCUT2D eigenvalue weighted by Crippen LogP contribution is 2.29. The number of rotatable bonds is 8. The van der Waals surface area contributed by atoms with Crippen molar-refractivity contribution in [2.75, 3.05) is 0 Å². The number of hydrogen-bond acceptors (Lipinski definition) is 2. The van der Waals surface area contributed by atoms with Gasteiger partial charge in [-0.25, -0.2) is 4.39 Å². The van der Waals surface area contributed by atoms with Gasteiger partial charge >= 0.3 is 5.97 Å². The van der Waals surface area contributed by atoms with Crippen LogP contribution in [0.15, 0.2) is 24.3 Å². The van der Waals surface area contributed by atoms with Crippen molar-refractivity contribution in [2.45, 2.75) is 51.1 Å². The largest absolute Gasteiger partial charge is 0.481 e. The number of nitrogens with zero attached hydrogens (tertiary/aromatic N) is 1. The summed E-state index contributed by atoms with van der Waals surface area (Å²) in [5, 5.41) is 8.58. The molecule has 0 aliphatic heterocycles. The summed E-state index contributed by atoms with van der Waals surface area (Å²) < 4.78 is 13.2. The Kier molecular flexibility index (Phi) is 5.31. The maximum absolute atomic E-state index is 13.2. The number of amides is 1. The highest BCUT2D eigenvalue weighted by Gasteiger charge is 2.32. The third-order valence-electron chi connectivity index (χ3n) is 3.58. The summed E-state index contributed by atoms with van der Waals surface area (Å²) in [6.45, 7) is 0.431. The van der Waals surface area contributed by atoms with E-state index in [-0.39, 0.29) is 24.2 Å². The Bertz CT molecular complexity index is 514. The number of benzene rings is 1. The topological polar surface area (TPSA) is 57.6 Å². The summed E-state index contributed by atoms with van der Waals surface area (Å²) in [6, 6.07) is 6.56. The molecule has 21 heavy (non-hydrogen) atoms. The van der Waals surface area contributed by atoms with Gasteiger partial charge in [0.25, 0.3) is 0 Å². The molecule has 0 saturated heterocycles. The van der Waals surface area contributed by atoms with Gasteiger partial charge in [0, 0.05) is 25.4 Å². The second-order valence-electron chi connectivity index (χ2n) is 5.48. The van der Waals surface area contributed by atoms with E-state index in [1.54, 1.807) is 11.0 Å². The first kappa shape index (κ1) is 15.5. The van der Waals surface area contributed by atoms with Gasteiger partial charge in [0.2, 0.25) is 5.91 Å². The molecule has 0 bridgehead atoms. The summed E-state index contributed by atoms with van der Waals surface area (Å²) in [5.41, 5.74) is 0.792. The van der Waals surface area contributed by atoms with Crippen molar-refractivity contribution in [1.82, 2.24) is 4.90 Å². The second-order valence-corrected chi connectivity index (χ2v) is 5.48. The third kappa shape index (κ3) is 5.17. The summed E-state index contributed by atoms with van der Waals surface area (Å²) >= 11 is 0. The Morgan fingerprint density at radius 1 is 1.24 bits per heavy atom. The Balaban J connectivity index is 1.86. The SMILES string of the molecule is O=C(O)CCCCC(=O)N(Cc1cccc(F)c1)C1CC1. The average molecular weight is 293 g/mol. The summed E-state index contributed by atoms with van der Waals surface area (Å²) in [4.78, 5) is 24.5. The van der Waals surface area contributed by atoms with E-state index in [1.165, 1.54) is 12.1 Å². The van der Waals surface area contributed by atoms with E-state index >= 15 is 0 Å². The zero-order valence-corrected chi connectivity index (χ0v) is 11.9. The van der Waals surface area contributed by atoms with E-state index in [4.69, 9.17) is 5.11 Å². The predicted octanol–water partition coefficient (Wildman–Crippen LogP) is 2.96. The number of unbranched alkanes of at least 4 members (excludes halogenated alkanes) is 1. The van der Waals surface area contributed by atoms with Crippen LogP contribution in [0, 0.1) is 5.82 Å². The standard InChI is InChI=1S/C16H20FNO3/c17-13-5-3-4-12(10-13)11-18(14-8-9-14)15(19)6-1-2-7-16(20)21/h3-5,10,14H,1-2,6-9,11H2,(H,20,21). The van der Waals surface area contributed by atoms with Crippen molar-refractivity contribution >= 4 is 11.9 Å². The fraction of sp³-hybridized carbons (Fsp3) is 0.500. The molecule has 114 valence electrons. The van der Waals surface area contributed by atoms with E-state index in [9.17, 15) is 14.0 Å². The maximum atomic E-state index is 13.2. The van der Waals surface area contributed by atoms with Crippen LogP contribution in [0.25, 0.3) is 0 Å². The number of carboxylic acids is 1. The molecule has 0 radical (unpaired) electrons. The van der Waals surface area contributed by atoms with Gasteiger partial charge in [-0.3, -0.25) is 9.59 Å². The molecule has 0 aromatic heterocycles. The third-order valence-corrected chi connectivity index (χ3v) is 3.58. The van der Waals surface area contributed by atoms with E-state index < -0.39 is 5.97 Å². The average Bonchev–Trinajstić information content (AvgIpc) is 3.25. The second kappa shape index (κ2) is 7.20. The minimum absolute atomic E-state index is 0.0344. The molecule has 1 saturated carbocycles. The molecule has 0 spiro atoms. The Labute approximate surface area is 123 Å². The number of carbonyl (C=O) groups excluding carboxylic acids is 1. The molecular weight excluding hydrogens is 273 g/mol. The van der Waals surface area contributed by atoms with Gasteiger partial charge in [0.1, 0.15) is 5.82 Å². The molecule has 0 unspecified atom stereocenters. The number of hydrogen-bond donors (Lipinski definition) is 1. The first-order valence-electron chi connectivity index (χ1n) is 7.32. The Hall–Kier alpha value is -1.91. The van der Waals surface area contributed by atoms with Gasteiger partial charge in [-0.1, -0.05) is 12.1 Å². The summed E-state index contributed by atoms with van der Waals surface area (Å²) in [5.74, 6) is -1.09. The van der Waals surface area contributed by atoms with Crippen LogP contribution in [-0.2, 0) is 16.1 Å². The normalized spacial score (nSPS) is 14.0. The molecule has 1 fully saturated rings. The van der Waals surface area contributed by atoms with Crippen molar-refractivity contribution in [3.63, 3.8) is 0 Å². The number of carboxylic acid groups (broad SMARTS) is 1. The molecule has 1 amide bonds. The minimum Gasteiger partial charge on any atom is -0.481 e. The van der Waals surface area contributed by atoms with Crippen LogP contribution in [0.4, 0.5) is 4.39 Å². The van der Waals surface area contributed by atoms with E-state index in [2.05, 4.69) is 0 Å². The van der Waals surface area contributed by atoms with E-state index in [1.807, 2.05) is 6.07 Å². The van der Waals surface area contributed by atoms with Crippen LogP contribution < -0.4 is 0 Å². The summed E-state index contributed by atoms with van der Waals surface area (Å²) in [7, 11) is 0. The molecule has 1 aliphatic rings. The monoisotopic (exact) mass is 293 g/mol. The van der Waals surface area contributed by atoms with Gasteiger partial charge in [-0.05, 0) is 43.4 Å². The molecule has 1 aliphatic carbocycles. The van der Waals surface area contributed by atoms with Crippen LogP contribution in [0.2, 0.25) is 0 Å². The highest BCUT2D eigenvalue weighted by atomic mass is 19.1. The predicted molar refractivity (Wildman–Crippen MR) is 76.1 cm³/mol. The molecule has 1 aromatic rings. The van der Waals surface area contributed by atoms with E-state index in [0.717, 1.165) is 18.4 Å². The van der Waals surface area contributed by atoms with E-state index in [0.29, 0.717) is 25.8 Å². The van der Waals surface area contributed by atoms with Crippen LogP contribution in [0.1, 0.15) is 44.1 Å². The summed E-state index contributed by atoms with van der Waals surface area (Å²) in [6.07, 6.45) is 3.54. The highest BCUT2D eigenvalue weighted by molar-refractivity contribution is 5.77. The minimum atomic E-state index is -0.832. The maximum Gasteiger partial charge on any atom is 0.303 e. The zero-order chi connectivity index (χ0) is 15.2. The van der Waals surface area contributed by atoms with Crippen molar-refractivity contribution in [3.05, 3.63) is 35.6 Å². The molecular formula is C16H20FNO3. The smallest absolute Gasteiger partial charge is 0.303 e. The van der Waals surface area contributed by atoms with Crippen LogP contribution in [0.5, 0.6) is 0 Å². The molecule has 4 nitrogen and oxygen atoms in total. The van der Waals surface area contributed by atoms with Crippen molar-refractivity contribution in [1.29, 1.82) is 0 Å². The van der Waals surface area contributed by atoms with Gasteiger partial charge in [-0.2, -0.15) is 0 Å². The Morgan fingerprint density at radius 2 is 1.95 bits per heavy atom. The lowest BCUT2D eigenvalue weighted by atomic mass is 10.1. The van der Waals surface area contributed by atoms with Gasteiger partial charge in [-0.15, -0.1) is 0 Å². The zero-order valence-electron chi connectivity index (χ0n) is 11.9. The number of halogens is 1. The fourth-order valence-electron chi connectivity index (χ4n) is 2.34. The van der Waals surface area contributed by atoms with Crippen molar-refractivity contribution in [2.24, 2.45) is 0 Å². The Morgan fingerprint density at radius 3 is 2.57 bits per heavy atom. The molecule has 1 aromatic carbocycles. The first-order valence-corrected chi connectivity index (χ1v) is 7.32. The molecule has 5 heteroatoms. The quantitative estimate of drug-likeness (QED) is 0.750. The first-order chi connectivity index (χ1) is 10.1. The van der Waals surface area contributed by atoms with Crippen LogP contribution in [-0.4, -0.2) is 27.9 Å². The van der Waals surface area contributed by atoms with Crippen molar-refractivity contribution < 1.29 is 19.1 Å². The number of carbonyl (C=O) groups is 2. The lowest BCUT2D eigenvalue weighted by Crippen LogP contribution is -2.32. The molecule has 0 heterocycles. The lowest BCUT2D eigenvalue weighted by Gasteiger charge is -2.22. The molecule has 0 atom stereocenters. The number of aliphatic carboxylic acids is 1. The van der Waals surface area contributed by atoms with Gasteiger partial charge < -0.3 is 10.0 Å². The fourth-order valence-corrected chi connectivity index (χ4v) is 2.34. The van der Waals surface area contributed by atoms with Gasteiger partial charge in [0.05, 0.1) is 0 Å². The molecule has 2 rings (SSSR count). The van der Waals surface area contributed by atoms with Crippen molar-refractivity contribution in [3.8, 4) is 0 Å². The van der Waals surface area contributed by atoms with Crippen LogP contribution in [0.3, 0.4) is 0 Å².